The molecule has 4 rings (SSSR count). The number of piperazine rings is 1. The number of fused-ring (bicyclic) bond motifs is 1. The summed E-state index contributed by atoms with van der Waals surface area (Å²) in [5.74, 6) is 1.12. The van der Waals surface area contributed by atoms with E-state index in [1.807, 2.05) is 13.8 Å². The lowest BCUT2D eigenvalue weighted by Gasteiger charge is -2.37. The molecule has 0 unspecified atom stereocenters. The lowest BCUT2D eigenvalue weighted by molar-refractivity contribution is 0.645. The average Bonchev–Trinajstić information content (AvgIpc) is 2.97. The van der Waals surface area contributed by atoms with Gasteiger partial charge in [0.05, 0.1) is 5.69 Å². The fraction of sp³-hybridized carbons (Fsp3) is 0.389. The predicted octanol–water partition coefficient (Wildman–Crippen LogP) is 1.67. The number of nitrogens with one attached hydrogen (secondary N) is 1. The molecule has 1 N–H and O–H groups in total. The number of anilines is 2. The molecule has 1 fully saturated rings. The summed E-state index contributed by atoms with van der Waals surface area (Å²) < 4.78 is 1.43. The van der Waals surface area contributed by atoms with E-state index in [1.165, 1.54) is 15.8 Å². The van der Waals surface area contributed by atoms with Crippen LogP contribution in [0.4, 0.5) is 11.4 Å². The summed E-state index contributed by atoms with van der Waals surface area (Å²) in [5, 5.41) is 2.97. The molecule has 0 radical (unpaired) electrons. The molecule has 2 aromatic heterocycles. The van der Waals surface area contributed by atoms with Crippen LogP contribution in [0.25, 0.3) is 5.78 Å². The summed E-state index contributed by atoms with van der Waals surface area (Å²) in [6.45, 7) is 9.16. The molecular weight excluding hydrogens is 316 g/mol. The molecule has 1 aliphatic heterocycles. The Bertz CT molecular complexity index is 964. The molecule has 130 valence electrons. The molecule has 0 spiro atoms. The lowest BCUT2D eigenvalue weighted by atomic mass is 10.2. The van der Waals surface area contributed by atoms with E-state index in [9.17, 15) is 4.79 Å². The molecule has 3 aromatic rings. The lowest BCUT2D eigenvalue weighted by Crippen LogP contribution is -2.48. The van der Waals surface area contributed by atoms with Crippen molar-refractivity contribution in [3.8, 4) is 0 Å². The molecule has 25 heavy (non-hydrogen) atoms. The van der Waals surface area contributed by atoms with Gasteiger partial charge < -0.3 is 9.80 Å². The van der Waals surface area contributed by atoms with Gasteiger partial charge in [-0.3, -0.25) is 9.89 Å². The second-order valence-corrected chi connectivity index (χ2v) is 6.61. The highest BCUT2D eigenvalue weighted by molar-refractivity contribution is 5.55. The van der Waals surface area contributed by atoms with Crippen molar-refractivity contribution >= 4 is 17.2 Å². The van der Waals surface area contributed by atoms with Gasteiger partial charge in [-0.25, -0.2) is 4.98 Å². The molecule has 1 saturated heterocycles. The van der Waals surface area contributed by atoms with Crippen LogP contribution in [0.15, 0.2) is 29.1 Å². The highest BCUT2D eigenvalue weighted by Gasteiger charge is 2.23. The summed E-state index contributed by atoms with van der Waals surface area (Å²) in [6, 6.07) is 8.59. The summed E-state index contributed by atoms with van der Waals surface area (Å²) in [7, 11) is 0. The van der Waals surface area contributed by atoms with E-state index in [1.54, 1.807) is 0 Å². The maximum Gasteiger partial charge on any atom is 0.297 e. The largest absolute Gasteiger partial charge is 0.368 e. The number of rotatable bonds is 2. The third-order valence-corrected chi connectivity index (χ3v) is 4.75. The zero-order valence-corrected chi connectivity index (χ0v) is 14.8. The molecule has 7 heteroatoms. The molecule has 1 aromatic carbocycles. The van der Waals surface area contributed by atoms with Crippen LogP contribution in [0.1, 0.15) is 17.1 Å². The van der Waals surface area contributed by atoms with Gasteiger partial charge in [0.15, 0.2) is 0 Å². The van der Waals surface area contributed by atoms with Crippen molar-refractivity contribution in [2.24, 2.45) is 0 Å². The number of benzene rings is 1. The first kappa shape index (κ1) is 15.7. The fourth-order valence-corrected chi connectivity index (χ4v) is 3.42. The smallest absolute Gasteiger partial charge is 0.297 e. The zero-order valence-electron chi connectivity index (χ0n) is 14.8. The normalized spacial score (nSPS) is 15.2. The Hall–Kier alpha value is -2.83. The van der Waals surface area contributed by atoms with Gasteiger partial charge in [0.2, 0.25) is 0 Å². The van der Waals surface area contributed by atoms with Crippen molar-refractivity contribution in [3.05, 3.63) is 51.7 Å². The van der Waals surface area contributed by atoms with Crippen molar-refractivity contribution < 1.29 is 0 Å². The average molecular weight is 338 g/mol. The second kappa shape index (κ2) is 5.91. The van der Waals surface area contributed by atoms with Crippen LogP contribution < -0.4 is 15.4 Å². The van der Waals surface area contributed by atoms with Gasteiger partial charge in [-0.2, -0.15) is 9.50 Å². The third kappa shape index (κ3) is 2.75. The van der Waals surface area contributed by atoms with E-state index in [0.717, 1.165) is 31.9 Å². The van der Waals surface area contributed by atoms with Crippen molar-refractivity contribution in [1.82, 2.24) is 19.6 Å². The van der Waals surface area contributed by atoms with E-state index in [4.69, 9.17) is 0 Å². The second-order valence-electron chi connectivity index (χ2n) is 6.61. The van der Waals surface area contributed by atoms with Crippen LogP contribution in [0.3, 0.4) is 0 Å². The molecule has 3 heterocycles. The van der Waals surface area contributed by atoms with Gasteiger partial charge in [-0.05, 0) is 32.9 Å². The summed E-state index contributed by atoms with van der Waals surface area (Å²) in [5.41, 5.74) is 3.83. The Morgan fingerprint density at radius 3 is 2.24 bits per heavy atom. The molecule has 0 atom stereocenters. The quantitative estimate of drug-likeness (QED) is 0.770. The Labute approximate surface area is 145 Å². The summed E-state index contributed by atoms with van der Waals surface area (Å²) >= 11 is 0. The summed E-state index contributed by atoms with van der Waals surface area (Å²) in [6.07, 6.45) is 0. The Morgan fingerprint density at radius 1 is 0.920 bits per heavy atom. The van der Waals surface area contributed by atoms with E-state index >= 15 is 0 Å². The van der Waals surface area contributed by atoms with Crippen LogP contribution in [0.2, 0.25) is 0 Å². The number of H-pyrrole nitrogens is 1. The molecule has 0 saturated carbocycles. The first-order valence-electron chi connectivity index (χ1n) is 8.55. The van der Waals surface area contributed by atoms with Crippen molar-refractivity contribution in [2.45, 2.75) is 20.8 Å². The van der Waals surface area contributed by atoms with Crippen LogP contribution in [-0.4, -0.2) is 45.8 Å². The van der Waals surface area contributed by atoms with Crippen LogP contribution >= 0.6 is 0 Å². The molecule has 7 nitrogen and oxygen atoms in total. The maximum atomic E-state index is 12.8. The van der Waals surface area contributed by atoms with E-state index in [0.29, 0.717) is 17.3 Å². The minimum atomic E-state index is -0.0770. The first-order chi connectivity index (χ1) is 12.0. The number of hydrogen-bond donors (Lipinski definition) is 1. The minimum Gasteiger partial charge on any atom is -0.368 e. The Balaban J connectivity index is 1.59. The van der Waals surface area contributed by atoms with Gasteiger partial charge in [0, 0.05) is 31.9 Å². The van der Waals surface area contributed by atoms with Gasteiger partial charge in [-0.1, -0.05) is 17.7 Å². The number of hydrogen-bond acceptors (Lipinski definition) is 5. The van der Waals surface area contributed by atoms with Gasteiger partial charge in [0.25, 0.3) is 11.3 Å². The number of aromatic nitrogens is 4. The minimum absolute atomic E-state index is 0.0770. The van der Waals surface area contributed by atoms with Gasteiger partial charge in [0.1, 0.15) is 11.5 Å². The van der Waals surface area contributed by atoms with Gasteiger partial charge in [-0.15, -0.1) is 0 Å². The van der Waals surface area contributed by atoms with Gasteiger partial charge >= 0.3 is 0 Å². The molecular formula is C18H22N6O. The maximum absolute atomic E-state index is 12.8. The third-order valence-electron chi connectivity index (χ3n) is 4.75. The fourth-order valence-electron chi connectivity index (χ4n) is 3.42. The monoisotopic (exact) mass is 338 g/mol. The summed E-state index contributed by atoms with van der Waals surface area (Å²) in [4.78, 5) is 26.1. The van der Waals surface area contributed by atoms with Crippen molar-refractivity contribution in [3.63, 3.8) is 0 Å². The standard InChI is InChI=1S/C18H22N6O/c1-12-4-6-15(7-5-12)22-8-10-23(11-9-22)16-13(2)19-18-20-14(3)21-24(18)17(16)25/h4-7H,8-11H2,1-3H3,(H,19,20,21). The SMILES string of the molecule is Cc1ccc(N2CCN(c3c(C)nc4nc(C)[nH]n4c3=O)CC2)cc1. The topological polar surface area (TPSA) is 69.5 Å². The molecule has 0 amide bonds. The first-order valence-corrected chi connectivity index (χ1v) is 8.55. The molecule has 0 aliphatic carbocycles. The van der Waals surface area contributed by atoms with E-state index in [-0.39, 0.29) is 5.56 Å². The molecule has 0 bridgehead atoms. The number of aromatic amines is 1. The van der Waals surface area contributed by atoms with Crippen LogP contribution in [0.5, 0.6) is 0 Å². The highest BCUT2D eigenvalue weighted by atomic mass is 16.1. The van der Waals surface area contributed by atoms with Crippen LogP contribution in [0, 0.1) is 20.8 Å². The highest BCUT2D eigenvalue weighted by Crippen LogP contribution is 2.20. The Morgan fingerprint density at radius 2 is 1.56 bits per heavy atom. The Kier molecular flexibility index (Phi) is 3.71. The van der Waals surface area contributed by atoms with Crippen LogP contribution in [-0.2, 0) is 0 Å². The van der Waals surface area contributed by atoms with E-state index < -0.39 is 0 Å². The van der Waals surface area contributed by atoms with E-state index in [2.05, 4.69) is 56.1 Å². The number of aryl methyl sites for hydroxylation is 3. The number of nitrogens with zero attached hydrogens (tertiary/aromatic N) is 5. The zero-order chi connectivity index (χ0) is 17.6. The van der Waals surface area contributed by atoms with Crippen molar-refractivity contribution in [2.75, 3.05) is 36.0 Å². The molecule has 1 aliphatic rings. The predicted molar refractivity (Wildman–Crippen MR) is 98.7 cm³/mol. The van der Waals surface area contributed by atoms with Crippen molar-refractivity contribution in [1.29, 1.82) is 0 Å².